The summed E-state index contributed by atoms with van der Waals surface area (Å²) < 4.78 is 0. The van der Waals surface area contributed by atoms with E-state index in [1.807, 2.05) is 0 Å². The lowest BCUT2D eigenvalue weighted by Crippen LogP contribution is -1.64. The van der Waals surface area contributed by atoms with Gasteiger partial charge in [-0.3, -0.25) is 0 Å². The minimum atomic E-state index is 1.09. The second kappa shape index (κ2) is 3.25. The Kier molecular flexibility index (Phi) is 2.18. The summed E-state index contributed by atoms with van der Waals surface area (Å²) in [5, 5.41) is 0. The van der Waals surface area contributed by atoms with Gasteiger partial charge in [0.1, 0.15) is 0 Å². The van der Waals surface area contributed by atoms with Crippen molar-refractivity contribution in [1.29, 1.82) is 0 Å². The highest BCUT2D eigenvalue weighted by Gasteiger charge is 1.74. The second-order valence-electron chi connectivity index (χ2n) is 1.80. The Morgan fingerprint density at radius 2 is 1.12 bits per heavy atom. The van der Waals surface area contributed by atoms with Crippen molar-refractivity contribution in [3.05, 3.63) is 36.5 Å². The Morgan fingerprint density at radius 3 is 1.62 bits per heavy atom. The minimum Gasteiger partial charge on any atom is -0.0844 e. The van der Waals surface area contributed by atoms with Gasteiger partial charge in [-0.2, -0.15) is 0 Å². The molecule has 0 fully saturated rings. The average Bonchev–Trinajstić information content (AvgIpc) is 1.62. The summed E-state index contributed by atoms with van der Waals surface area (Å²) in [6.45, 7) is 0. The van der Waals surface area contributed by atoms with Crippen molar-refractivity contribution in [3.8, 4) is 0 Å². The summed E-state index contributed by atoms with van der Waals surface area (Å²) in [5.41, 5.74) is 0. The van der Waals surface area contributed by atoms with E-state index in [1.54, 1.807) is 0 Å². The van der Waals surface area contributed by atoms with Crippen molar-refractivity contribution >= 4 is 0 Å². The molecule has 0 aliphatic heterocycles. The molecule has 1 aliphatic carbocycles. The number of rotatable bonds is 0. The summed E-state index contributed by atoms with van der Waals surface area (Å²) in [6, 6.07) is 0. The molecule has 0 unspecified atom stereocenters. The molecular weight excluding hydrogens is 96.1 g/mol. The van der Waals surface area contributed by atoms with Crippen LogP contribution >= 0.6 is 0 Å². The van der Waals surface area contributed by atoms with Crippen LogP contribution < -0.4 is 0 Å². The van der Waals surface area contributed by atoms with Crippen LogP contribution in [-0.2, 0) is 0 Å². The summed E-state index contributed by atoms with van der Waals surface area (Å²) in [5.74, 6) is 0. The van der Waals surface area contributed by atoms with Gasteiger partial charge in [0.05, 0.1) is 0 Å². The van der Waals surface area contributed by atoms with E-state index in [2.05, 4.69) is 36.5 Å². The molecule has 0 aromatic carbocycles. The third kappa shape index (κ3) is 1.78. The molecule has 0 saturated carbocycles. The minimum absolute atomic E-state index is 1.09. The van der Waals surface area contributed by atoms with Gasteiger partial charge >= 0.3 is 0 Å². The first-order valence-corrected chi connectivity index (χ1v) is 2.97. The molecule has 0 N–H and O–H groups in total. The number of hydrogen-bond acceptors (Lipinski definition) is 0. The molecule has 0 heteroatoms. The van der Waals surface area contributed by atoms with Crippen molar-refractivity contribution in [2.24, 2.45) is 0 Å². The SMILES string of the molecule is C1=CC/C=C\C=C/C1. The first-order chi connectivity index (χ1) is 4.00. The maximum atomic E-state index is 2.18. The van der Waals surface area contributed by atoms with Gasteiger partial charge in [-0.15, -0.1) is 0 Å². The molecule has 0 atom stereocenters. The van der Waals surface area contributed by atoms with E-state index in [4.69, 9.17) is 0 Å². The summed E-state index contributed by atoms with van der Waals surface area (Å²) in [7, 11) is 0. The smallest absolute Gasteiger partial charge is 0.0166 e. The average molecular weight is 106 g/mol. The largest absolute Gasteiger partial charge is 0.0844 e. The highest BCUT2D eigenvalue weighted by Crippen LogP contribution is 1.95. The summed E-state index contributed by atoms with van der Waals surface area (Å²) >= 11 is 0. The predicted octanol–water partition coefficient (Wildman–Crippen LogP) is 2.45. The van der Waals surface area contributed by atoms with Gasteiger partial charge in [0.25, 0.3) is 0 Å². The van der Waals surface area contributed by atoms with Crippen LogP contribution in [0.5, 0.6) is 0 Å². The van der Waals surface area contributed by atoms with Crippen LogP contribution in [0, 0.1) is 0 Å². The van der Waals surface area contributed by atoms with E-state index >= 15 is 0 Å². The summed E-state index contributed by atoms with van der Waals surface area (Å²) in [4.78, 5) is 0. The molecule has 1 aliphatic rings. The lowest BCUT2D eigenvalue weighted by molar-refractivity contribution is 1.29. The van der Waals surface area contributed by atoms with Gasteiger partial charge in [0, 0.05) is 0 Å². The monoisotopic (exact) mass is 106 g/mol. The van der Waals surface area contributed by atoms with Gasteiger partial charge in [0.2, 0.25) is 0 Å². The molecule has 0 aromatic heterocycles. The highest BCUT2D eigenvalue weighted by molar-refractivity contribution is 5.09. The van der Waals surface area contributed by atoms with E-state index in [9.17, 15) is 0 Å². The van der Waals surface area contributed by atoms with Gasteiger partial charge in [-0.1, -0.05) is 36.5 Å². The van der Waals surface area contributed by atoms with E-state index in [-0.39, 0.29) is 0 Å². The third-order valence-electron chi connectivity index (χ3n) is 1.09. The Hall–Kier alpha value is -0.780. The molecule has 0 radical (unpaired) electrons. The Labute approximate surface area is 50.2 Å². The maximum absolute atomic E-state index is 2.18. The molecule has 1 rings (SSSR count). The number of hydrogen-bond donors (Lipinski definition) is 0. The first kappa shape index (κ1) is 5.36. The van der Waals surface area contributed by atoms with Crippen LogP contribution in [0.2, 0.25) is 0 Å². The number of allylic oxidation sites excluding steroid dienone is 6. The molecule has 42 valence electrons. The van der Waals surface area contributed by atoms with Crippen molar-refractivity contribution in [2.75, 3.05) is 0 Å². The van der Waals surface area contributed by atoms with Gasteiger partial charge in [0.15, 0.2) is 0 Å². The summed E-state index contributed by atoms with van der Waals surface area (Å²) in [6.07, 6.45) is 15.0. The van der Waals surface area contributed by atoms with Crippen LogP contribution in [0.15, 0.2) is 36.5 Å². The first-order valence-electron chi connectivity index (χ1n) is 2.97. The lowest BCUT2D eigenvalue weighted by atomic mass is 10.2. The molecule has 0 spiro atoms. The van der Waals surface area contributed by atoms with Crippen molar-refractivity contribution in [3.63, 3.8) is 0 Å². The van der Waals surface area contributed by atoms with Gasteiger partial charge in [-0.25, -0.2) is 0 Å². The Bertz CT molecular complexity index is 111. The van der Waals surface area contributed by atoms with Crippen LogP contribution in [0.1, 0.15) is 12.8 Å². The fourth-order valence-corrected chi connectivity index (χ4v) is 0.664. The van der Waals surface area contributed by atoms with Crippen LogP contribution in [0.25, 0.3) is 0 Å². The van der Waals surface area contributed by atoms with E-state index in [0.29, 0.717) is 0 Å². The topological polar surface area (TPSA) is 0 Å². The van der Waals surface area contributed by atoms with Gasteiger partial charge in [-0.05, 0) is 12.8 Å². The van der Waals surface area contributed by atoms with Crippen molar-refractivity contribution in [1.82, 2.24) is 0 Å². The fourth-order valence-electron chi connectivity index (χ4n) is 0.664. The molecule has 0 saturated heterocycles. The normalized spacial score (nSPS) is 26.0. The zero-order valence-corrected chi connectivity index (χ0v) is 4.88. The van der Waals surface area contributed by atoms with Gasteiger partial charge < -0.3 is 0 Å². The van der Waals surface area contributed by atoms with E-state index < -0.39 is 0 Å². The van der Waals surface area contributed by atoms with Crippen LogP contribution in [-0.4, -0.2) is 0 Å². The molecule has 0 bridgehead atoms. The standard InChI is InChI=1S/C8H10/c1-2-4-6-8-7-5-3-1/h1-4,7-8H,5-6H2/b3-1-,4-2-,8-7?. The third-order valence-corrected chi connectivity index (χ3v) is 1.09. The Morgan fingerprint density at radius 1 is 0.625 bits per heavy atom. The highest BCUT2D eigenvalue weighted by atomic mass is 13.8. The van der Waals surface area contributed by atoms with Crippen molar-refractivity contribution < 1.29 is 0 Å². The molecule has 8 heavy (non-hydrogen) atoms. The molecule has 0 heterocycles. The molecule has 0 nitrogen and oxygen atoms in total. The van der Waals surface area contributed by atoms with E-state index in [1.165, 1.54) is 0 Å². The fraction of sp³-hybridized carbons (Fsp3) is 0.250. The predicted molar refractivity (Wildman–Crippen MR) is 36.7 cm³/mol. The molecular formula is C8H10. The lowest BCUT2D eigenvalue weighted by Gasteiger charge is -1.85. The van der Waals surface area contributed by atoms with Crippen LogP contribution in [0.3, 0.4) is 0 Å². The van der Waals surface area contributed by atoms with Crippen LogP contribution in [0.4, 0.5) is 0 Å². The Balaban J connectivity index is 2.51. The zero-order chi connectivity index (χ0) is 5.66. The van der Waals surface area contributed by atoms with E-state index in [0.717, 1.165) is 12.8 Å². The second-order valence-corrected chi connectivity index (χ2v) is 1.80. The molecule has 0 amide bonds. The molecule has 0 aromatic rings. The quantitative estimate of drug-likeness (QED) is 0.416. The van der Waals surface area contributed by atoms with Crippen molar-refractivity contribution in [2.45, 2.75) is 12.8 Å². The zero-order valence-electron chi connectivity index (χ0n) is 4.88. The maximum Gasteiger partial charge on any atom is -0.0166 e.